The second-order valence-corrected chi connectivity index (χ2v) is 6.55. The summed E-state index contributed by atoms with van der Waals surface area (Å²) in [5, 5.41) is 0. The van der Waals surface area contributed by atoms with Gasteiger partial charge in [0.05, 0.1) is 19.9 Å². The molecule has 0 fully saturated rings. The average molecular weight is 402 g/mol. The molecule has 4 rings (SSSR count). The van der Waals surface area contributed by atoms with E-state index in [1.54, 1.807) is 56.7 Å². The summed E-state index contributed by atoms with van der Waals surface area (Å²) in [6, 6.07) is 20.4. The molecule has 6 heteroatoms. The van der Waals surface area contributed by atoms with Crippen LogP contribution in [0.25, 0.3) is 6.08 Å². The Bertz CT molecular complexity index is 1140. The molecule has 0 saturated carbocycles. The monoisotopic (exact) mass is 402 g/mol. The highest BCUT2D eigenvalue weighted by molar-refractivity contribution is 6.33. The van der Waals surface area contributed by atoms with Crippen LogP contribution in [0.2, 0.25) is 0 Å². The van der Waals surface area contributed by atoms with Crippen molar-refractivity contribution in [3.05, 3.63) is 95.4 Å². The lowest BCUT2D eigenvalue weighted by molar-refractivity contribution is -0.113. The second-order valence-electron chi connectivity index (χ2n) is 6.55. The summed E-state index contributed by atoms with van der Waals surface area (Å²) in [5.74, 6) is 1.09. The van der Waals surface area contributed by atoms with Crippen LogP contribution in [-0.2, 0) is 4.79 Å². The fraction of sp³-hybridized carbons (Fsp3) is 0.0833. The van der Waals surface area contributed by atoms with Gasteiger partial charge in [-0.3, -0.25) is 9.69 Å². The summed E-state index contributed by atoms with van der Waals surface area (Å²) in [5.41, 5.74) is 2.26. The molecule has 3 aromatic rings. The number of anilines is 1. The highest BCUT2D eigenvalue weighted by Crippen LogP contribution is 2.30. The van der Waals surface area contributed by atoms with E-state index >= 15 is 0 Å². The number of amides is 1. The lowest BCUT2D eigenvalue weighted by Gasteiger charge is -2.19. The van der Waals surface area contributed by atoms with Gasteiger partial charge >= 0.3 is 0 Å². The van der Waals surface area contributed by atoms with Crippen LogP contribution in [0.15, 0.2) is 83.5 Å². The van der Waals surface area contributed by atoms with E-state index in [-0.39, 0.29) is 17.4 Å². The van der Waals surface area contributed by atoms with Crippen molar-refractivity contribution in [1.82, 2.24) is 0 Å². The Morgan fingerprint density at radius 2 is 1.60 bits per heavy atom. The summed E-state index contributed by atoms with van der Waals surface area (Å²) in [4.78, 5) is 19.4. The minimum absolute atomic E-state index is 0.259. The number of methoxy groups -OCH3 is 2. The zero-order valence-electron chi connectivity index (χ0n) is 16.5. The smallest absolute Gasteiger partial charge is 0.282 e. The molecule has 1 amide bonds. The maximum Gasteiger partial charge on any atom is 0.282 e. The van der Waals surface area contributed by atoms with Crippen molar-refractivity contribution in [2.45, 2.75) is 0 Å². The van der Waals surface area contributed by atoms with E-state index in [0.717, 1.165) is 5.56 Å². The molecule has 0 spiro atoms. The van der Waals surface area contributed by atoms with Gasteiger partial charge in [-0.1, -0.05) is 18.2 Å². The summed E-state index contributed by atoms with van der Waals surface area (Å²) in [6.45, 7) is 0. The molecule has 150 valence electrons. The second kappa shape index (κ2) is 8.21. The first-order valence-electron chi connectivity index (χ1n) is 9.28. The molecule has 0 aromatic heterocycles. The Kier molecular flexibility index (Phi) is 5.30. The van der Waals surface area contributed by atoms with Crippen LogP contribution in [0.5, 0.6) is 11.5 Å². The molecule has 0 radical (unpaired) electrons. The fourth-order valence-electron chi connectivity index (χ4n) is 3.21. The van der Waals surface area contributed by atoms with Crippen molar-refractivity contribution in [2.24, 2.45) is 4.99 Å². The first kappa shape index (κ1) is 19.4. The van der Waals surface area contributed by atoms with Crippen molar-refractivity contribution >= 4 is 23.5 Å². The van der Waals surface area contributed by atoms with Crippen molar-refractivity contribution < 1.29 is 18.7 Å². The van der Waals surface area contributed by atoms with Crippen LogP contribution in [-0.4, -0.2) is 26.0 Å². The first-order valence-corrected chi connectivity index (χ1v) is 9.28. The minimum atomic E-state index is -0.357. The van der Waals surface area contributed by atoms with Crippen LogP contribution in [0, 0.1) is 5.82 Å². The summed E-state index contributed by atoms with van der Waals surface area (Å²) in [6.07, 6.45) is 1.69. The van der Waals surface area contributed by atoms with Crippen LogP contribution in [0.4, 0.5) is 10.1 Å². The molecular formula is C24H19FN2O3. The van der Waals surface area contributed by atoms with Gasteiger partial charge in [-0.25, -0.2) is 9.38 Å². The number of ether oxygens (including phenoxy) is 2. The average Bonchev–Trinajstić information content (AvgIpc) is 3.10. The first-order chi connectivity index (χ1) is 14.6. The Balaban J connectivity index is 1.82. The Hall–Kier alpha value is -3.93. The van der Waals surface area contributed by atoms with Crippen molar-refractivity contribution in [3.63, 3.8) is 0 Å². The molecule has 30 heavy (non-hydrogen) atoms. The summed E-state index contributed by atoms with van der Waals surface area (Å²) < 4.78 is 24.0. The van der Waals surface area contributed by atoms with Gasteiger partial charge in [0.15, 0.2) is 0 Å². The number of halogens is 1. The lowest BCUT2D eigenvalue weighted by Crippen LogP contribution is -2.32. The van der Waals surface area contributed by atoms with Gasteiger partial charge in [0.2, 0.25) is 0 Å². The van der Waals surface area contributed by atoms with Crippen LogP contribution >= 0.6 is 0 Å². The Morgan fingerprint density at radius 3 is 2.27 bits per heavy atom. The van der Waals surface area contributed by atoms with Gasteiger partial charge in [0.1, 0.15) is 28.8 Å². The van der Waals surface area contributed by atoms with Crippen molar-refractivity contribution in [3.8, 4) is 11.5 Å². The predicted molar refractivity (Wildman–Crippen MR) is 114 cm³/mol. The van der Waals surface area contributed by atoms with Gasteiger partial charge in [0, 0.05) is 11.1 Å². The molecule has 0 unspecified atom stereocenters. The molecule has 0 atom stereocenters. The number of carbonyl (C=O) groups is 1. The van der Waals surface area contributed by atoms with Gasteiger partial charge in [-0.2, -0.15) is 0 Å². The van der Waals surface area contributed by atoms with Gasteiger partial charge in [-0.05, 0) is 60.7 Å². The van der Waals surface area contributed by atoms with Crippen molar-refractivity contribution in [1.29, 1.82) is 0 Å². The van der Waals surface area contributed by atoms with E-state index in [1.807, 2.05) is 24.3 Å². The Morgan fingerprint density at radius 1 is 0.900 bits per heavy atom. The molecule has 0 bridgehead atoms. The van der Waals surface area contributed by atoms with Crippen LogP contribution in [0.1, 0.15) is 11.1 Å². The number of hydrogen-bond acceptors (Lipinski definition) is 4. The number of hydrogen-bond donors (Lipinski definition) is 0. The number of amidine groups is 1. The number of rotatable bonds is 5. The van der Waals surface area contributed by atoms with E-state index in [4.69, 9.17) is 9.47 Å². The quantitative estimate of drug-likeness (QED) is 0.583. The zero-order chi connectivity index (χ0) is 21.1. The van der Waals surface area contributed by atoms with Gasteiger partial charge in [0.25, 0.3) is 5.91 Å². The van der Waals surface area contributed by atoms with Gasteiger partial charge < -0.3 is 9.47 Å². The number of para-hydroxylation sites is 1. The molecule has 5 nitrogen and oxygen atoms in total. The maximum atomic E-state index is 13.4. The molecule has 0 N–H and O–H groups in total. The minimum Gasteiger partial charge on any atom is -0.497 e. The predicted octanol–water partition coefficient (Wildman–Crippen LogP) is 4.68. The highest BCUT2D eigenvalue weighted by Gasteiger charge is 2.32. The topological polar surface area (TPSA) is 51.1 Å². The third-order valence-corrected chi connectivity index (χ3v) is 4.72. The van der Waals surface area contributed by atoms with E-state index in [1.165, 1.54) is 17.0 Å². The molecule has 1 heterocycles. The van der Waals surface area contributed by atoms with E-state index in [2.05, 4.69) is 4.99 Å². The number of benzene rings is 3. The molecule has 1 aliphatic heterocycles. The molecule has 0 saturated heterocycles. The standard InChI is InChI=1S/C24H19FN2O3/c1-29-20-13-11-19(12-14-20)27-23(16-7-9-18(25)10-8-16)26-21(24(27)28)15-17-5-3-4-6-22(17)30-2/h3-15H,1-2H3/b21-15+. The zero-order valence-corrected chi connectivity index (χ0v) is 16.5. The summed E-state index contributed by atoms with van der Waals surface area (Å²) >= 11 is 0. The van der Waals surface area contributed by atoms with E-state index in [0.29, 0.717) is 28.6 Å². The highest BCUT2D eigenvalue weighted by atomic mass is 19.1. The largest absolute Gasteiger partial charge is 0.497 e. The Labute approximate surface area is 173 Å². The molecule has 0 aliphatic carbocycles. The SMILES string of the molecule is COc1ccc(N2C(=O)/C(=C\c3ccccc3OC)N=C2c2ccc(F)cc2)cc1. The molecule has 3 aromatic carbocycles. The van der Waals surface area contributed by atoms with Crippen LogP contribution < -0.4 is 14.4 Å². The van der Waals surface area contributed by atoms with E-state index in [9.17, 15) is 9.18 Å². The lowest BCUT2D eigenvalue weighted by atomic mass is 10.1. The van der Waals surface area contributed by atoms with E-state index < -0.39 is 0 Å². The van der Waals surface area contributed by atoms with Gasteiger partial charge in [-0.15, -0.1) is 0 Å². The number of aliphatic imine (C=N–C) groups is 1. The van der Waals surface area contributed by atoms with Crippen LogP contribution in [0.3, 0.4) is 0 Å². The third-order valence-electron chi connectivity index (χ3n) is 4.72. The number of nitrogens with zero attached hydrogens (tertiary/aromatic N) is 2. The van der Waals surface area contributed by atoms with Crippen molar-refractivity contribution in [2.75, 3.05) is 19.1 Å². The molecule has 1 aliphatic rings. The third kappa shape index (κ3) is 3.67. The molecular weight excluding hydrogens is 383 g/mol. The maximum absolute atomic E-state index is 13.4. The number of carbonyl (C=O) groups excluding carboxylic acids is 1. The summed E-state index contributed by atoms with van der Waals surface area (Å²) in [7, 11) is 3.15. The normalized spacial score (nSPS) is 14.8. The fourth-order valence-corrected chi connectivity index (χ4v) is 3.21.